The van der Waals surface area contributed by atoms with Gasteiger partial charge in [0.15, 0.2) is 5.78 Å². The van der Waals surface area contributed by atoms with Crippen LogP contribution in [-0.2, 0) is 7.05 Å². The predicted octanol–water partition coefficient (Wildman–Crippen LogP) is 3.66. The number of rotatable bonds is 5. The molecular weight excluding hydrogens is 260 g/mol. The van der Waals surface area contributed by atoms with Crippen molar-refractivity contribution in [2.45, 2.75) is 27.7 Å². The van der Waals surface area contributed by atoms with Gasteiger partial charge in [0, 0.05) is 36.2 Å². The molecule has 0 saturated heterocycles. The first-order valence-corrected chi connectivity index (χ1v) is 7.41. The molecule has 0 saturated carbocycles. The van der Waals surface area contributed by atoms with E-state index in [0.29, 0.717) is 6.54 Å². The third-order valence-corrected chi connectivity index (χ3v) is 4.19. The van der Waals surface area contributed by atoms with E-state index in [2.05, 4.69) is 47.6 Å². The highest BCUT2D eigenvalue weighted by molar-refractivity contribution is 6.00. The van der Waals surface area contributed by atoms with Crippen molar-refractivity contribution < 1.29 is 4.79 Å². The Labute approximate surface area is 127 Å². The van der Waals surface area contributed by atoms with Crippen molar-refractivity contribution in [3.05, 3.63) is 52.8 Å². The lowest BCUT2D eigenvalue weighted by molar-refractivity contribution is 0.0998. The number of aryl methyl sites for hydroxylation is 2. The van der Waals surface area contributed by atoms with E-state index in [1.807, 2.05) is 27.0 Å². The fourth-order valence-corrected chi connectivity index (χ4v) is 2.54. The second kappa shape index (κ2) is 6.17. The molecule has 2 aromatic rings. The maximum atomic E-state index is 12.6. The van der Waals surface area contributed by atoms with E-state index in [9.17, 15) is 4.79 Å². The average Bonchev–Trinajstić information content (AvgIpc) is 2.73. The maximum Gasteiger partial charge on any atom is 0.183 e. The maximum absolute atomic E-state index is 12.6. The van der Waals surface area contributed by atoms with Crippen LogP contribution in [0.5, 0.6) is 0 Å². The molecule has 0 spiro atoms. The van der Waals surface area contributed by atoms with Gasteiger partial charge in [0.2, 0.25) is 0 Å². The van der Waals surface area contributed by atoms with Crippen LogP contribution in [0.15, 0.2) is 30.3 Å². The summed E-state index contributed by atoms with van der Waals surface area (Å²) in [4.78, 5) is 14.7. The Bertz CT molecular complexity index is 638. The zero-order chi connectivity index (χ0) is 15.6. The first kappa shape index (κ1) is 15.4. The third-order valence-electron chi connectivity index (χ3n) is 4.19. The molecule has 0 aliphatic carbocycles. The molecule has 0 radical (unpaired) electrons. The van der Waals surface area contributed by atoms with Gasteiger partial charge in [-0.25, -0.2) is 0 Å². The quantitative estimate of drug-likeness (QED) is 0.783. The molecule has 0 fully saturated rings. The fraction of sp³-hybridized carbons (Fsp3) is 0.389. The molecule has 0 N–H and O–H groups in total. The second-order valence-corrected chi connectivity index (χ2v) is 5.62. The lowest BCUT2D eigenvalue weighted by Crippen LogP contribution is -2.29. The van der Waals surface area contributed by atoms with Crippen LogP contribution in [0, 0.1) is 20.8 Å². The minimum absolute atomic E-state index is 0.179. The predicted molar refractivity (Wildman–Crippen MR) is 88.3 cm³/mol. The van der Waals surface area contributed by atoms with Crippen molar-refractivity contribution in [1.82, 2.24) is 4.57 Å². The number of nitrogens with zero attached hydrogens (tertiary/aromatic N) is 2. The summed E-state index contributed by atoms with van der Waals surface area (Å²) in [5.74, 6) is 0.179. The number of carbonyl (C=O) groups excluding carboxylic acids is 1. The van der Waals surface area contributed by atoms with E-state index < -0.39 is 0 Å². The van der Waals surface area contributed by atoms with Gasteiger partial charge in [0.1, 0.15) is 0 Å². The molecule has 3 nitrogen and oxygen atoms in total. The number of aromatic nitrogens is 1. The molecule has 0 unspecified atom stereocenters. The zero-order valence-corrected chi connectivity index (χ0v) is 13.6. The molecule has 0 aliphatic heterocycles. The Kier molecular flexibility index (Phi) is 4.51. The largest absolute Gasteiger partial charge is 0.364 e. The molecule has 21 heavy (non-hydrogen) atoms. The van der Waals surface area contributed by atoms with Gasteiger partial charge >= 0.3 is 0 Å². The monoisotopic (exact) mass is 284 g/mol. The molecule has 3 heteroatoms. The second-order valence-electron chi connectivity index (χ2n) is 5.62. The molecule has 0 amide bonds. The lowest BCUT2D eigenvalue weighted by atomic mass is 10.1. The smallest absolute Gasteiger partial charge is 0.183 e. The van der Waals surface area contributed by atoms with Crippen molar-refractivity contribution in [2.24, 2.45) is 7.05 Å². The van der Waals surface area contributed by atoms with Gasteiger partial charge in [-0.05, 0) is 45.9 Å². The van der Waals surface area contributed by atoms with E-state index in [4.69, 9.17) is 0 Å². The molecular formula is C18H24N2O. The Morgan fingerprint density at radius 2 is 1.76 bits per heavy atom. The first-order valence-electron chi connectivity index (χ1n) is 7.41. The lowest BCUT2D eigenvalue weighted by Gasteiger charge is -2.22. The standard InChI is InChI=1S/C18H24N2O/c1-6-20(16-9-7-13(2)8-10-16)12-18(21)17-11-14(3)19(5)15(17)4/h7-11H,6,12H2,1-5H3. The number of benzene rings is 1. The number of hydrogen-bond acceptors (Lipinski definition) is 2. The van der Waals surface area contributed by atoms with Gasteiger partial charge in [-0.1, -0.05) is 17.7 Å². The SMILES string of the molecule is CCN(CC(=O)c1cc(C)n(C)c1C)c1ccc(C)cc1. The van der Waals surface area contributed by atoms with Crippen molar-refractivity contribution in [3.63, 3.8) is 0 Å². The highest BCUT2D eigenvalue weighted by Gasteiger charge is 2.17. The topological polar surface area (TPSA) is 25.2 Å². The number of ketones is 1. The summed E-state index contributed by atoms with van der Waals surface area (Å²) in [5, 5.41) is 0. The molecule has 0 bridgehead atoms. The summed E-state index contributed by atoms with van der Waals surface area (Å²) in [5.41, 5.74) is 5.32. The van der Waals surface area contributed by atoms with Gasteiger partial charge in [-0.3, -0.25) is 4.79 Å². The summed E-state index contributed by atoms with van der Waals surface area (Å²) < 4.78 is 2.06. The highest BCUT2D eigenvalue weighted by Crippen LogP contribution is 2.18. The van der Waals surface area contributed by atoms with Gasteiger partial charge in [0.05, 0.1) is 6.54 Å². The summed E-state index contributed by atoms with van der Waals surface area (Å²) in [7, 11) is 2.00. The Hall–Kier alpha value is -2.03. The van der Waals surface area contributed by atoms with E-state index in [0.717, 1.165) is 29.2 Å². The number of Topliss-reactive ketones (excluding diaryl/α,β-unsaturated/α-hetero) is 1. The summed E-state index contributed by atoms with van der Waals surface area (Å²) in [6, 6.07) is 10.3. The van der Waals surface area contributed by atoms with Crippen LogP contribution in [0.2, 0.25) is 0 Å². The minimum Gasteiger partial charge on any atom is -0.364 e. The van der Waals surface area contributed by atoms with Crippen LogP contribution in [0.3, 0.4) is 0 Å². The number of carbonyl (C=O) groups is 1. The summed E-state index contributed by atoms with van der Waals surface area (Å²) >= 11 is 0. The zero-order valence-electron chi connectivity index (χ0n) is 13.6. The minimum atomic E-state index is 0.179. The van der Waals surface area contributed by atoms with Gasteiger partial charge in [0.25, 0.3) is 0 Å². The Balaban J connectivity index is 2.20. The first-order chi connectivity index (χ1) is 9.93. The van der Waals surface area contributed by atoms with E-state index in [1.165, 1.54) is 5.56 Å². The molecule has 2 rings (SSSR count). The van der Waals surface area contributed by atoms with E-state index in [-0.39, 0.29) is 5.78 Å². The van der Waals surface area contributed by atoms with Gasteiger partial charge in [-0.15, -0.1) is 0 Å². The Morgan fingerprint density at radius 3 is 2.24 bits per heavy atom. The van der Waals surface area contributed by atoms with Crippen LogP contribution < -0.4 is 4.90 Å². The Morgan fingerprint density at radius 1 is 1.14 bits per heavy atom. The van der Waals surface area contributed by atoms with Crippen LogP contribution in [0.1, 0.15) is 34.2 Å². The van der Waals surface area contributed by atoms with Gasteiger partial charge in [-0.2, -0.15) is 0 Å². The molecule has 1 heterocycles. The third kappa shape index (κ3) is 3.18. The summed E-state index contributed by atoms with van der Waals surface area (Å²) in [6.07, 6.45) is 0. The number of hydrogen-bond donors (Lipinski definition) is 0. The fourth-order valence-electron chi connectivity index (χ4n) is 2.54. The van der Waals surface area contributed by atoms with Crippen molar-refractivity contribution >= 4 is 11.5 Å². The van der Waals surface area contributed by atoms with E-state index in [1.54, 1.807) is 0 Å². The van der Waals surface area contributed by atoms with Crippen molar-refractivity contribution in [2.75, 3.05) is 18.0 Å². The van der Waals surface area contributed by atoms with Crippen LogP contribution in [-0.4, -0.2) is 23.4 Å². The normalized spacial score (nSPS) is 10.7. The summed E-state index contributed by atoms with van der Waals surface area (Å²) in [6.45, 7) is 9.42. The number of anilines is 1. The van der Waals surface area contributed by atoms with Gasteiger partial charge < -0.3 is 9.47 Å². The molecule has 112 valence electrons. The van der Waals surface area contributed by atoms with Crippen LogP contribution in [0.25, 0.3) is 0 Å². The highest BCUT2D eigenvalue weighted by atomic mass is 16.1. The van der Waals surface area contributed by atoms with Crippen molar-refractivity contribution in [1.29, 1.82) is 0 Å². The molecule has 0 aliphatic rings. The molecule has 0 atom stereocenters. The molecule has 1 aromatic carbocycles. The average molecular weight is 284 g/mol. The van der Waals surface area contributed by atoms with E-state index >= 15 is 0 Å². The van der Waals surface area contributed by atoms with Crippen molar-refractivity contribution in [3.8, 4) is 0 Å². The van der Waals surface area contributed by atoms with Crippen LogP contribution in [0.4, 0.5) is 5.69 Å². The molecule has 1 aromatic heterocycles. The van der Waals surface area contributed by atoms with Crippen LogP contribution >= 0.6 is 0 Å². The number of likely N-dealkylation sites (N-methyl/N-ethyl adjacent to an activating group) is 1.